The van der Waals surface area contributed by atoms with E-state index in [1.54, 1.807) is 41.3 Å². The topological polar surface area (TPSA) is 69.6 Å². The zero-order valence-electron chi connectivity index (χ0n) is 21.1. The maximum atomic E-state index is 13.3. The van der Waals surface area contributed by atoms with Gasteiger partial charge < -0.3 is 14.7 Å². The molecule has 1 aliphatic heterocycles. The third-order valence-electron chi connectivity index (χ3n) is 6.74. The Balaban J connectivity index is 1.39. The molecule has 0 bridgehead atoms. The summed E-state index contributed by atoms with van der Waals surface area (Å²) in [6.45, 7) is 6.49. The van der Waals surface area contributed by atoms with Gasteiger partial charge in [0, 0.05) is 48.4 Å². The predicted octanol–water partition coefficient (Wildman–Crippen LogP) is 4.92. The Bertz CT molecular complexity index is 1200. The van der Waals surface area contributed by atoms with Gasteiger partial charge in [0.1, 0.15) is 12.4 Å². The van der Waals surface area contributed by atoms with Crippen molar-refractivity contribution in [2.24, 2.45) is 0 Å². The summed E-state index contributed by atoms with van der Waals surface area (Å²) in [7, 11) is 0. The van der Waals surface area contributed by atoms with Gasteiger partial charge in [-0.3, -0.25) is 9.59 Å². The van der Waals surface area contributed by atoms with Crippen LogP contribution in [0.25, 0.3) is 11.3 Å². The third kappa shape index (κ3) is 6.63. The molecule has 1 aromatic heterocycles. The summed E-state index contributed by atoms with van der Waals surface area (Å²) in [4.78, 5) is 32.1. The quantitative estimate of drug-likeness (QED) is 0.440. The molecule has 7 nitrogen and oxygen atoms in total. The largest absolute Gasteiger partial charge is 0.353 e. The van der Waals surface area contributed by atoms with E-state index in [4.69, 9.17) is 11.6 Å². The van der Waals surface area contributed by atoms with Crippen LogP contribution < -0.4 is 4.90 Å². The smallest absolute Gasteiger partial charge is 0.254 e. The van der Waals surface area contributed by atoms with Crippen LogP contribution in [0.2, 0.25) is 5.02 Å². The molecule has 3 aromatic rings. The summed E-state index contributed by atoms with van der Waals surface area (Å²) in [6, 6.07) is 16.6. The van der Waals surface area contributed by atoms with Crippen molar-refractivity contribution in [3.05, 3.63) is 77.1 Å². The highest BCUT2D eigenvalue weighted by atomic mass is 35.5. The van der Waals surface area contributed by atoms with Gasteiger partial charge in [0.25, 0.3) is 5.91 Å². The third-order valence-corrected chi connectivity index (χ3v) is 7.00. The van der Waals surface area contributed by atoms with Crippen LogP contribution in [0.3, 0.4) is 0 Å². The average Bonchev–Trinajstić information content (AvgIpc) is 3.18. The van der Waals surface area contributed by atoms with Gasteiger partial charge in [0.05, 0.1) is 5.69 Å². The van der Waals surface area contributed by atoms with Crippen molar-refractivity contribution in [3.63, 3.8) is 0 Å². The molecule has 0 spiro atoms. The second kappa shape index (κ2) is 12.1. The number of aromatic nitrogens is 2. The summed E-state index contributed by atoms with van der Waals surface area (Å²) >= 11 is 5.97. The summed E-state index contributed by atoms with van der Waals surface area (Å²) < 4.78 is 13.2. The molecule has 1 fully saturated rings. The number of anilines is 1. The van der Waals surface area contributed by atoms with E-state index >= 15 is 0 Å². The van der Waals surface area contributed by atoms with Crippen LogP contribution in [0.4, 0.5) is 10.2 Å². The number of hydrogen-bond donors (Lipinski definition) is 0. The molecule has 1 saturated heterocycles. The minimum atomic E-state index is -0.293. The van der Waals surface area contributed by atoms with Crippen molar-refractivity contribution < 1.29 is 14.0 Å². The molecule has 2 aromatic carbocycles. The molecule has 2 amide bonds. The summed E-state index contributed by atoms with van der Waals surface area (Å²) in [5.41, 5.74) is 1.99. The molecule has 0 radical (unpaired) electrons. The van der Waals surface area contributed by atoms with Crippen molar-refractivity contribution >= 4 is 29.2 Å². The number of carbonyl (C=O) groups excluding carboxylic acids is 2. The lowest BCUT2D eigenvalue weighted by molar-refractivity contribution is -0.132. The zero-order valence-corrected chi connectivity index (χ0v) is 21.9. The highest BCUT2D eigenvalue weighted by molar-refractivity contribution is 6.30. The van der Waals surface area contributed by atoms with Gasteiger partial charge in [0.2, 0.25) is 5.91 Å². The number of amides is 2. The van der Waals surface area contributed by atoms with E-state index < -0.39 is 0 Å². The van der Waals surface area contributed by atoms with Gasteiger partial charge in [-0.05, 0) is 80.4 Å². The lowest BCUT2D eigenvalue weighted by Gasteiger charge is -2.31. The Morgan fingerprint density at radius 3 is 2.35 bits per heavy atom. The second-order valence-electron chi connectivity index (χ2n) is 9.20. The molecule has 2 heterocycles. The highest BCUT2D eigenvalue weighted by Gasteiger charge is 2.27. The van der Waals surface area contributed by atoms with Crippen LogP contribution in [-0.4, -0.2) is 70.6 Å². The number of hydrogen-bond acceptors (Lipinski definition) is 5. The van der Waals surface area contributed by atoms with Crippen molar-refractivity contribution in [1.82, 2.24) is 20.0 Å². The van der Waals surface area contributed by atoms with Crippen LogP contribution in [0.5, 0.6) is 0 Å². The monoisotopic (exact) mass is 523 g/mol. The Labute approximate surface area is 221 Å². The molecule has 9 heteroatoms. The minimum Gasteiger partial charge on any atom is -0.353 e. The van der Waals surface area contributed by atoms with Gasteiger partial charge in [-0.1, -0.05) is 18.5 Å². The summed E-state index contributed by atoms with van der Waals surface area (Å²) in [6.07, 6.45) is 1.52. The van der Waals surface area contributed by atoms with Gasteiger partial charge in [0.15, 0.2) is 5.82 Å². The molecule has 1 atom stereocenters. The van der Waals surface area contributed by atoms with Crippen LogP contribution in [0, 0.1) is 5.82 Å². The first-order chi connectivity index (χ1) is 17.9. The van der Waals surface area contributed by atoms with E-state index in [0.29, 0.717) is 35.9 Å². The van der Waals surface area contributed by atoms with Crippen molar-refractivity contribution in [2.45, 2.75) is 32.7 Å². The lowest BCUT2D eigenvalue weighted by Crippen LogP contribution is -2.47. The van der Waals surface area contributed by atoms with Gasteiger partial charge >= 0.3 is 0 Å². The first-order valence-corrected chi connectivity index (χ1v) is 12.9. The van der Waals surface area contributed by atoms with Crippen LogP contribution >= 0.6 is 11.6 Å². The van der Waals surface area contributed by atoms with E-state index in [0.717, 1.165) is 30.8 Å². The lowest BCUT2D eigenvalue weighted by atomic mass is 10.1. The molecule has 0 aliphatic carbocycles. The van der Waals surface area contributed by atoms with Gasteiger partial charge in [-0.15, -0.1) is 10.2 Å². The first-order valence-electron chi connectivity index (χ1n) is 12.5. The standard InChI is InChI=1S/C28H31ClFN5O2/c1-3-20(2)35(28(37)22-5-9-23(29)10-6-22)19-27(36)34-16-4-15-33(17-18-34)26-14-13-25(31-32-26)21-7-11-24(30)12-8-21/h5-14,20H,3-4,15-19H2,1-2H3/t20-/m0/s1. The van der Waals surface area contributed by atoms with Crippen molar-refractivity contribution in [2.75, 3.05) is 37.6 Å². The molecule has 37 heavy (non-hydrogen) atoms. The molecular formula is C28H31ClFN5O2. The minimum absolute atomic E-state index is 0.0304. The maximum absolute atomic E-state index is 13.3. The molecule has 194 valence electrons. The molecule has 0 saturated carbocycles. The fraction of sp³-hybridized carbons (Fsp3) is 0.357. The predicted molar refractivity (Wildman–Crippen MR) is 143 cm³/mol. The van der Waals surface area contributed by atoms with E-state index in [-0.39, 0.29) is 30.2 Å². The normalized spacial score (nSPS) is 14.7. The van der Waals surface area contributed by atoms with Crippen LogP contribution in [0.1, 0.15) is 37.0 Å². The van der Waals surface area contributed by atoms with Gasteiger partial charge in [-0.2, -0.15) is 0 Å². The number of rotatable bonds is 7. The fourth-order valence-electron chi connectivity index (χ4n) is 4.32. The first kappa shape index (κ1) is 26.5. The van der Waals surface area contributed by atoms with E-state index in [9.17, 15) is 14.0 Å². The number of halogens is 2. The zero-order chi connectivity index (χ0) is 26.4. The average molecular weight is 524 g/mol. The van der Waals surface area contributed by atoms with Crippen molar-refractivity contribution in [1.29, 1.82) is 0 Å². The Morgan fingerprint density at radius 2 is 1.70 bits per heavy atom. The number of carbonyl (C=O) groups is 2. The number of nitrogens with zero attached hydrogens (tertiary/aromatic N) is 5. The number of benzene rings is 2. The SMILES string of the molecule is CC[C@H](C)N(CC(=O)N1CCCN(c2ccc(-c3ccc(F)cc3)nn2)CC1)C(=O)c1ccc(Cl)cc1. The van der Waals surface area contributed by atoms with E-state index in [1.165, 1.54) is 12.1 Å². The molecule has 0 N–H and O–H groups in total. The Hall–Kier alpha value is -3.52. The molecule has 1 aliphatic rings. The Kier molecular flexibility index (Phi) is 8.71. The highest BCUT2D eigenvalue weighted by Crippen LogP contribution is 2.20. The Morgan fingerprint density at radius 1 is 0.973 bits per heavy atom. The van der Waals surface area contributed by atoms with E-state index in [1.807, 2.05) is 30.9 Å². The summed E-state index contributed by atoms with van der Waals surface area (Å²) in [5.74, 6) is 0.201. The van der Waals surface area contributed by atoms with Gasteiger partial charge in [-0.25, -0.2) is 4.39 Å². The second-order valence-corrected chi connectivity index (χ2v) is 9.64. The van der Waals surface area contributed by atoms with Crippen LogP contribution in [-0.2, 0) is 4.79 Å². The molecular weight excluding hydrogens is 493 g/mol. The summed E-state index contributed by atoms with van der Waals surface area (Å²) in [5, 5.41) is 9.25. The fourth-order valence-corrected chi connectivity index (χ4v) is 4.44. The molecule has 0 unspecified atom stereocenters. The van der Waals surface area contributed by atoms with Crippen LogP contribution in [0.15, 0.2) is 60.7 Å². The van der Waals surface area contributed by atoms with E-state index in [2.05, 4.69) is 15.1 Å². The van der Waals surface area contributed by atoms with Crippen molar-refractivity contribution in [3.8, 4) is 11.3 Å². The molecule has 4 rings (SSSR count). The maximum Gasteiger partial charge on any atom is 0.254 e.